The topological polar surface area (TPSA) is 21.3 Å². The molecule has 0 aliphatic carbocycles. The number of para-hydroxylation sites is 1. The van der Waals surface area contributed by atoms with Gasteiger partial charge in [0.15, 0.2) is 0 Å². The maximum absolute atomic E-state index is 13.8. The SMILES string of the molecule is FC(F)(CNCCCOc1ccccc1)c1ccccc1. The van der Waals surface area contributed by atoms with Gasteiger partial charge in [0.1, 0.15) is 5.75 Å². The number of hydrogen-bond donors (Lipinski definition) is 1. The first-order valence-corrected chi connectivity index (χ1v) is 7.00. The molecule has 0 aliphatic heterocycles. The van der Waals surface area contributed by atoms with Crippen molar-refractivity contribution in [3.63, 3.8) is 0 Å². The molecule has 2 aromatic carbocycles. The van der Waals surface area contributed by atoms with Gasteiger partial charge in [-0.3, -0.25) is 0 Å². The maximum Gasteiger partial charge on any atom is 0.285 e. The van der Waals surface area contributed by atoms with Crippen molar-refractivity contribution in [1.82, 2.24) is 5.32 Å². The van der Waals surface area contributed by atoms with Gasteiger partial charge >= 0.3 is 0 Å². The lowest BCUT2D eigenvalue weighted by molar-refractivity contribution is -0.00316. The lowest BCUT2D eigenvalue weighted by atomic mass is 10.1. The van der Waals surface area contributed by atoms with Crippen LogP contribution in [0.1, 0.15) is 12.0 Å². The normalized spacial score (nSPS) is 11.3. The van der Waals surface area contributed by atoms with E-state index in [1.54, 1.807) is 18.2 Å². The van der Waals surface area contributed by atoms with Gasteiger partial charge in [0.25, 0.3) is 5.92 Å². The zero-order valence-electron chi connectivity index (χ0n) is 11.8. The molecular weight excluding hydrogens is 272 g/mol. The third kappa shape index (κ3) is 5.16. The molecule has 0 spiro atoms. The predicted molar refractivity (Wildman–Crippen MR) is 79.8 cm³/mol. The van der Waals surface area contributed by atoms with Gasteiger partial charge in [0.2, 0.25) is 0 Å². The van der Waals surface area contributed by atoms with E-state index in [0.717, 1.165) is 5.75 Å². The van der Waals surface area contributed by atoms with Gasteiger partial charge in [-0.25, -0.2) is 0 Å². The fourth-order valence-corrected chi connectivity index (χ4v) is 1.93. The number of nitrogens with one attached hydrogen (secondary N) is 1. The molecule has 0 fully saturated rings. The summed E-state index contributed by atoms with van der Waals surface area (Å²) in [6.07, 6.45) is 0.680. The minimum atomic E-state index is -2.85. The molecule has 2 nitrogen and oxygen atoms in total. The summed E-state index contributed by atoms with van der Waals surface area (Å²) >= 11 is 0. The van der Waals surface area contributed by atoms with Crippen molar-refractivity contribution in [3.05, 3.63) is 66.2 Å². The Labute approximate surface area is 123 Å². The Hall–Kier alpha value is -1.94. The highest BCUT2D eigenvalue weighted by Crippen LogP contribution is 2.26. The van der Waals surface area contributed by atoms with E-state index in [1.807, 2.05) is 30.3 Å². The third-order valence-electron chi connectivity index (χ3n) is 3.05. The Morgan fingerprint density at radius 2 is 1.52 bits per heavy atom. The summed E-state index contributed by atoms with van der Waals surface area (Å²) in [7, 11) is 0. The lowest BCUT2D eigenvalue weighted by Crippen LogP contribution is -2.31. The van der Waals surface area contributed by atoms with Crippen molar-refractivity contribution >= 4 is 0 Å². The van der Waals surface area contributed by atoms with Crippen LogP contribution in [0.4, 0.5) is 8.78 Å². The second-order valence-corrected chi connectivity index (χ2v) is 4.76. The quantitative estimate of drug-likeness (QED) is 0.746. The van der Waals surface area contributed by atoms with Gasteiger partial charge in [-0.05, 0) is 25.1 Å². The van der Waals surface area contributed by atoms with E-state index in [0.29, 0.717) is 19.6 Å². The van der Waals surface area contributed by atoms with Crippen LogP contribution in [0.3, 0.4) is 0 Å². The van der Waals surface area contributed by atoms with Gasteiger partial charge < -0.3 is 10.1 Å². The largest absolute Gasteiger partial charge is 0.494 e. The predicted octanol–water partition coefficient (Wildman–Crippen LogP) is 3.84. The summed E-state index contributed by atoms with van der Waals surface area (Å²) in [6, 6.07) is 17.3. The summed E-state index contributed by atoms with van der Waals surface area (Å²) < 4.78 is 33.2. The Balaban J connectivity index is 1.63. The highest BCUT2D eigenvalue weighted by Gasteiger charge is 2.30. The van der Waals surface area contributed by atoms with Crippen LogP contribution >= 0.6 is 0 Å². The van der Waals surface area contributed by atoms with Crippen LogP contribution in [0.25, 0.3) is 0 Å². The molecule has 0 saturated heterocycles. The van der Waals surface area contributed by atoms with Gasteiger partial charge in [0, 0.05) is 5.56 Å². The molecule has 0 heterocycles. The zero-order chi connectivity index (χ0) is 15.0. The van der Waals surface area contributed by atoms with Crippen molar-refractivity contribution in [1.29, 1.82) is 0 Å². The molecule has 0 bridgehead atoms. The van der Waals surface area contributed by atoms with Gasteiger partial charge in [0.05, 0.1) is 13.2 Å². The highest BCUT2D eigenvalue weighted by molar-refractivity contribution is 5.21. The lowest BCUT2D eigenvalue weighted by Gasteiger charge is -2.17. The summed E-state index contributed by atoms with van der Waals surface area (Å²) in [6.45, 7) is 0.644. The molecule has 0 radical (unpaired) electrons. The summed E-state index contributed by atoms with van der Waals surface area (Å²) in [5.41, 5.74) is 0.0398. The Morgan fingerprint density at radius 3 is 2.19 bits per heavy atom. The van der Waals surface area contributed by atoms with E-state index in [2.05, 4.69) is 5.32 Å². The minimum Gasteiger partial charge on any atom is -0.494 e. The minimum absolute atomic E-state index is 0.0398. The Kier molecular flexibility index (Phi) is 5.69. The fraction of sp³-hybridized carbons (Fsp3) is 0.294. The monoisotopic (exact) mass is 291 g/mol. The molecule has 4 heteroatoms. The maximum atomic E-state index is 13.8. The first kappa shape index (κ1) is 15.4. The van der Waals surface area contributed by atoms with Gasteiger partial charge in [-0.1, -0.05) is 48.5 Å². The second kappa shape index (κ2) is 7.74. The Morgan fingerprint density at radius 1 is 0.905 bits per heavy atom. The molecule has 21 heavy (non-hydrogen) atoms. The Bertz CT molecular complexity index is 517. The molecule has 1 N–H and O–H groups in total. The van der Waals surface area contributed by atoms with Crippen molar-refractivity contribution in [2.45, 2.75) is 12.3 Å². The van der Waals surface area contributed by atoms with Gasteiger partial charge in [-0.15, -0.1) is 0 Å². The van der Waals surface area contributed by atoms with Crippen molar-refractivity contribution in [3.8, 4) is 5.75 Å². The number of hydrogen-bond acceptors (Lipinski definition) is 2. The number of ether oxygens (including phenoxy) is 1. The zero-order valence-corrected chi connectivity index (χ0v) is 11.8. The highest BCUT2D eigenvalue weighted by atomic mass is 19.3. The fourth-order valence-electron chi connectivity index (χ4n) is 1.93. The van der Waals surface area contributed by atoms with E-state index in [4.69, 9.17) is 4.74 Å². The average Bonchev–Trinajstić information content (AvgIpc) is 2.52. The molecule has 0 unspecified atom stereocenters. The van der Waals surface area contributed by atoms with Crippen LogP contribution in [0.5, 0.6) is 5.75 Å². The first-order chi connectivity index (χ1) is 10.2. The summed E-state index contributed by atoms with van der Waals surface area (Å²) in [4.78, 5) is 0. The molecule has 0 aliphatic rings. The van der Waals surface area contributed by atoms with E-state index in [9.17, 15) is 8.78 Å². The average molecular weight is 291 g/mol. The van der Waals surface area contributed by atoms with E-state index in [1.165, 1.54) is 12.1 Å². The van der Waals surface area contributed by atoms with Crippen LogP contribution in [0, 0.1) is 0 Å². The van der Waals surface area contributed by atoms with Crippen molar-refractivity contribution < 1.29 is 13.5 Å². The van der Waals surface area contributed by atoms with Crippen molar-refractivity contribution in [2.75, 3.05) is 19.7 Å². The van der Waals surface area contributed by atoms with E-state index >= 15 is 0 Å². The molecular formula is C17H19F2NO. The van der Waals surface area contributed by atoms with E-state index in [-0.39, 0.29) is 12.1 Å². The summed E-state index contributed by atoms with van der Waals surface area (Å²) in [5.74, 6) is -2.05. The molecule has 0 amide bonds. The first-order valence-electron chi connectivity index (χ1n) is 7.00. The molecule has 2 rings (SSSR count). The smallest absolute Gasteiger partial charge is 0.285 e. The second-order valence-electron chi connectivity index (χ2n) is 4.76. The summed E-state index contributed by atoms with van der Waals surface area (Å²) in [5, 5.41) is 2.78. The van der Waals surface area contributed by atoms with Gasteiger partial charge in [-0.2, -0.15) is 8.78 Å². The number of rotatable bonds is 8. The number of halogens is 2. The molecule has 112 valence electrons. The van der Waals surface area contributed by atoms with Crippen molar-refractivity contribution in [2.24, 2.45) is 0 Å². The molecule has 0 saturated carbocycles. The third-order valence-corrected chi connectivity index (χ3v) is 3.05. The number of alkyl halides is 2. The van der Waals surface area contributed by atoms with Crippen LogP contribution in [-0.4, -0.2) is 19.7 Å². The number of benzene rings is 2. The van der Waals surface area contributed by atoms with Crippen LogP contribution in [-0.2, 0) is 5.92 Å². The van der Waals surface area contributed by atoms with Crippen LogP contribution < -0.4 is 10.1 Å². The molecule has 0 aromatic heterocycles. The van der Waals surface area contributed by atoms with E-state index < -0.39 is 5.92 Å². The molecule has 2 aromatic rings. The standard InChI is InChI=1S/C17H19F2NO/c18-17(19,15-8-3-1-4-9-15)14-20-12-7-13-21-16-10-5-2-6-11-16/h1-6,8-11,20H,7,12-14H2. The van der Waals surface area contributed by atoms with Crippen LogP contribution in [0.15, 0.2) is 60.7 Å². The van der Waals surface area contributed by atoms with Crippen LogP contribution in [0.2, 0.25) is 0 Å². The molecule has 0 atom stereocenters.